The van der Waals surface area contributed by atoms with Crippen molar-refractivity contribution < 1.29 is 9.53 Å². The number of anilines is 1. The van der Waals surface area contributed by atoms with Gasteiger partial charge in [0.1, 0.15) is 5.75 Å². The van der Waals surface area contributed by atoms with Crippen LogP contribution < -0.4 is 10.1 Å². The van der Waals surface area contributed by atoms with E-state index in [1.54, 1.807) is 11.8 Å². The minimum Gasteiger partial charge on any atom is -0.495 e. The molecule has 0 saturated heterocycles. The van der Waals surface area contributed by atoms with Crippen molar-refractivity contribution >= 4 is 23.4 Å². The van der Waals surface area contributed by atoms with Gasteiger partial charge in [0.2, 0.25) is 11.1 Å². The quantitative estimate of drug-likeness (QED) is 0.793. The van der Waals surface area contributed by atoms with Crippen molar-refractivity contribution in [1.82, 2.24) is 20.2 Å². The fourth-order valence-electron chi connectivity index (χ4n) is 2.19. The number of thioether (sulfide) groups is 1. The van der Waals surface area contributed by atoms with Crippen molar-refractivity contribution in [2.45, 2.75) is 51.2 Å². The summed E-state index contributed by atoms with van der Waals surface area (Å²) >= 11 is 1.31. The normalized spacial score (nSPS) is 11.6. The Labute approximate surface area is 152 Å². The van der Waals surface area contributed by atoms with Crippen LogP contribution in [0.15, 0.2) is 23.4 Å². The summed E-state index contributed by atoms with van der Waals surface area (Å²) in [6.07, 6.45) is 0. The number of benzene rings is 1. The molecule has 1 N–H and O–H groups in total. The van der Waals surface area contributed by atoms with Gasteiger partial charge in [-0.15, -0.1) is 5.10 Å². The summed E-state index contributed by atoms with van der Waals surface area (Å²) in [7, 11) is 1.59. The molecule has 2 rings (SSSR count). The number of rotatable bonds is 6. The third kappa shape index (κ3) is 4.94. The van der Waals surface area contributed by atoms with Crippen LogP contribution in [-0.4, -0.2) is 39.0 Å². The second-order valence-corrected chi connectivity index (χ2v) is 7.94. The SMILES string of the molecule is COc1ccc(C(C)(C)C)cc1NC(=O)CSc1nnnn1C(C)C. The molecule has 0 saturated carbocycles. The average molecular weight is 363 g/mol. The summed E-state index contributed by atoms with van der Waals surface area (Å²) < 4.78 is 7.05. The molecular weight excluding hydrogens is 338 g/mol. The standard InChI is InChI=1S/C17H25N5O2S/c1-11(2)22-16(19-20-21-22)25-10-15(23)18-13-9-12(17(3,4)5)7-8-14(13)24-6/h7-9,11H,10H2,1-6H3,(H,18,23). The van der Waals surface area contributed by atoms with Crippen LogP contribution in [0, 0.1) is 0 Å². The van der Waals surface area contributed by atoms with E-state index in [-0.39, 0.29) is 23.1 Å². The lowest BCUT2D eigenvalue weighted by Gasteiger charge is -2.21. The fourth-order valence-corrected chi connectivity index (χ4v) is 3.00. The van der Waals surface area contributed by atoms with Gasteiger partial charge < -0.3 is 10.1 Å². The van der Waals surface area contributed by atoms with Gasteiger partial charge >= 0.3 is 0 Å². The Kier molecular flexibility index (Phi) is 6.05. The largest absolute Gasteiger partial charge is 0.495 e. The first kappa shape index (κ1) is 19.2. The Morgan fingerprint density at radius 3 is 2.68 bits per heavy atom. The van der Waals surface area contributed by atoms with Gasteiger partial charge in [-0.05, 0) is 47.4 Å². The molecule has 0 aliphatic heterocycles. The maximum absolute atomic E-state index is 12.4. The summed E-state index contributed by atoms with van der Waals surface area (Å²) in [6, 6.07) is 5.99. The van der Waals surface area contributed by atoms with Crippen LogP contribution in [0.5, 0.6) is 5.75 Å². The predicted molar refractivity (Wildman–Crippen MR) is 99.2 cm³/mol. The van der Waals surface area contributed by atoms with Gasteiger partial charge in [-0.25, -0.2) is 4.68 Å². The first-order valence-corrected chi connectivity index (χ1v) is 9.10. The number of tetrazole rings is 1. The third-order valence-corrected chi connectivity index (χ3v) is 4.56. The zero-order valence-corrected chi connectivity index (χ0v) is 16.3. The third-order valence-electron chi connectivity index (χ3n) is 3.62. The van der Waals surface area contributed by atoms with Crippen LogP contribution in [0.1, 0.15) is 46.2 Å². The smallest absolute Gasteiger partial charge is 0.234 e. The zero-order valence-electron chi connectivity index (χ0n) is 15.5. The average Bonchev–Trinajstić information content (AvgIpc) is 3.00. The Bertz CT molecular complexity index is 737. The van der Waals surface area contributed by atoms with Crippen LogP contribution in [-0.2, 0) is 10.2 Å². The highest BCUT2D eigenvalue weighted by Crippen LogP contribution is 2.31. The summed E-state index contributed by atoms with van der Waals surface area (Å²) in [5.41, 5.74) is 1.78. The zero-order chi connectivity index (χ0) is 18.6. The number of carbonyl (C=O) groups is 1. The predicted octanol–water partition coefficient (Wildman–Crippen LogP) is 3.29. The van der Waals surface area contributed by atoms with Gasteiger partial charge in [-0.1, -0.05) is 38.6 Å². The minimum atomic E-state index is -0.132. The topological polar surface area (TPSA) is 81.9 Å². The molecule has 0 aliphatic carbocycles. The molecule has 0 bridgehead atoms. The second-order valence-electron chi connectivity index (χ2n) is 7.00. The molecule has 1 aromatic carbocycles. The van der Waals surface area contributed by atoms with E-state index in [1.165, 1.54) is 11.8 Å². The van der Waals surface area contributed by atoms with Crippen molar-refractivity contribution in [1.29, 1.82) is 0 Å². The first-order chi connectivity index (χ1) is 11.7. The van der Waals surface area contributed by atoms with Crippen LogP contribution in [0.4, 0.5) is 5.69 Å². The van der Waals surface area contributed by atoms with E-state index in [0.717, 1.165) is 5.56 Å². The molecule has 136 valence electrons. The summed E-state index contributed by atoms with van der Waals surface area (Å²) in [5, 5.41) is 15.1. The molecule has 0 unspecified atom stereocenters. The lowest BCUT2D eigenvalue weighted by molar-refractivity contribution is -0.113. The minimum absolute atomic E-state index is 0.0140. The van der Waals surface area contributed by atoms with Gasteiger partial charge in [-0.3, -0.25) is 4.79 Å². The molecule has 25 heavy (non-hydrogen) atoms. The highest BCUT2D eigenvalue weighted by Gasteiger charge is 2.18. The number of nitrogens with zero attached hydrogens (tertiary/aromatic N) is 4. The first-order valence-electron chi connectivity index (χ1n) is 8.11. The van der Waals surface area contributed by atoms with E-state index in [4.69, 9.17) is 4.74 Å². The van der Waals surface area contributed by atoms with E-state index in [1.807, 2.05) is 32.0 Å². The molecule has 0 fully saturated rings. The van der Waals surface area contributed by atoms with Gasteiger partial charge in [0.05, 0.1) is 24.6 Å². The van der Waals surface area contributed by atoms with Crippen molar-refractivity contribution in [3.63, 3.8) is 0 Å². The number of carbonyl (C=O) groups excluding carboxylic acids is 1. The maximum Gasteiger partial charge on any atom is 0.234 e. The number of amides is 1. The van der Waals surface area contributed by atoms with E-state index in [0.29, 0.717) is 16.6 Å². The maximum atomic E-state index is 12.4. The Morgan fingerprint density at radius 1 is 1.36 bits per heavy atom. The van der Waals surface area contributed by atoms with E-state index in [2.05, 4.69) is 41.6 Å². The Balaban J connectivity index is 2.08. The van der Waals surface area contributed by atoms with Crippen molar-refractivity contribution in [3.05, 3.63) is 23.8 Å². The molecule has 0 radical (unpaired) electrons. The van der Waals surface area contributed by atoms with Crippen LogP contribution in [0.2, 0.25) is 0 Å². The lowest BCUT2D eigenvalue weighted by Crippen LogP contribution is -2.17. The van der Waals surface area contributed by atoms with E-state index < -0.39 is 0 Å². The van der Waals surface area contributed by atoms with Crippen molar-refractivity contribution in [2.24, 2.45) is 0 Å². The number of hydrogen-bond donors (Lipinski definition) is 1. The molecule has 2 aromatic rings. The van der Waals surface area contributed by atoms with Crippen LogP contribution in [0.25, 0.3) is 0 Å². The fraction of sp³-hybridized carbons (Fsp3) is 0.529. The van der Waals surface area contributed by atoms with E-state index >= 15 is 0 Å². The number of aromatic nitrogens is 4. The highest BCUT2D eigenvalue weighted by atomic mass is 32.2. The van der Waals surface area contributed by atoms with Gasteiger partial charge in [0.15, 0.2) is 0 Å². The molecule has 8 heteroatoms. The Hall–Kier alpha value is -2.09. The van der Waals surface area contributed by atoms with Gasteiger partial charge in [0.25, 0.3) is 0 Å². The van der Waals surface area contributed by atoms with Gasteiger partial charge in [-0.2, -0.15) is 0 Å². The second kappa shape index (κ2) is 7.86. The molecule has 1 aromatic heterocycles. The number of nitrogens with one attached hydrogen (secondary N) is 1. The number of hydrogen-bond acceptors (Lipinski definition) is 6. The number of methoxy groups -OCH3 is 1. The van der Waals surface area contributed by atoms with E-state index in [9.17, 15) is 4.79 Å². The van der Waals surface area contributed by atoms with Crippen molar-refractivity contribution in [2.75, 3.05) is 18.2 Å². The molecule has 1 heterocycles. The molecule has 0 atom stereocenters. The van der Waals surface area contributed by atoms with Crippen LogP contribution >= 0.6 is 11.8 Å². The van der Waals surface area contributed by atoms with Crippen LogP contribution in [0.3, 0.4) is 0 Å². The van der Waals surface area contributed by atoms with Crippen molar-refractivity contribution in [3.8, 4) is 5.75 Å². The summed E-state index contributed by atoms with van der Waals surface area (Å²) in [6.45, 7) is 10.4. The Morgan fingerprint density at radius 2 is 2.08 bits per heavy atom. The molecule has 7 nitrogen and oxygen atoms in total. The summed E-state index contributed by atoms with van der Waals surface area (Å²) in [5.74, 6) is 0.724. The molecule has 0 aliphatic rings. The summed E-state index contributed by atoms with van der Waals surface area (Å²) in [4.78, 5) is 12.4. The highest BCUT2D eigenvalue weighted by molar-refractivity contribution is 7.99. The molecular formula is C17H25N5O2S. The van der Waals surface area contributed by atoms with Gasteiger partial charge in [0, 0.05) is 0 Å². The number of ether oxygens (including phenoxy) is 1. The molecule has 0 spiro atoms. The lowest BCUT2D eigenvalue weighted by atomic mass is 9.87. The molecule has 1 amide bonds. The monoisotopic (exact) mass is 363 g/mol.